The first-order chi connectivity index (χ1) is 16.2. The van der Waals surface area contributed by atoms with Crippen LogP contribution in [0.5, 0.6) is 0 Å². The number of aliphatic hydroxyl groups excluding tert-OH is 1. The molecule has 4 aliphatic rings. The van der Waals surface area contributed by atoms with E-state index in [1.807, 2.05) is 6.92 Å². The number of carboxylic acids is 1. The van der Waals surface area contributed by atoms with Gasteiger partial charge in [0, 0.05) is 35.3 Å². The number of aliphatic hydroxyl groups is 2. The molecule has 0 amide bonds. The van der Waals surface area contributed by atoms with E-state index in [1.54, 1.807) is 13.8 Å². The quantitative estimate of drug-likeness (QED) is 0.477. The van der Waals surface area contributed by atoms with E-state index in [-0.39, 0.29) is 41.2 Å². The highest BCUT2D eigenvalue weighted by molar-refractivity contribution is 6.11. The maximum atomic E-state index is 13.8. The summed E-state index contributed by atoms with van der Waals surface area (Å²) >= 11 is 0. The number of carbonyl (C=O) groups excluding carboxylic acids is 2. The highest BCUT2D eigenvalue weighted by Crippen LogP contribution is 2.65. The van der Waals surface area contributed by atoms with Crippen molar-refractivity contribution in [2.45, 2.75) is 97.7 Å². The van der Waals surface area contributed by atoms with Crippen LogP contribution in [0.1, 0.15) is 86.0 Å². The van der Waals surface area contributed by atoms with Gasteiger partial charge in [0.1, 0.15) is 0 Å². The van der Waals surface area contributed by atoms with Crippen LogP contribution in [0.3, 0.4) is 0 Å². The minimum absolute atomic E-state index is 0.0295. The van der Waals surface area contributed by atoms with E-state index in [2.05, 4.69) is 20.4 Å². The second-order valence-corrected chi connectivity index (χ2v) is 12.7. The van der Waals surface area contributed by atoms with Gasteiger partial charge in [-0.2, -0.15) is 0 Å². The first-order valence-corrected chi connectivity index (χ1v) is 13.3. The SMILES string of the molecule is C=C(CC[C@@H](C)[C@H]1CC[C@H]2C3=C(C(=O)C[C@]12C)[C@@]1(C)CCC(O)[C@](C)(O)C1CC3=O)C(C)C(=O)O. The summed E-state index contributed by atoms with van der Waals surface area (Å²) < 4.78 is 0. The molecule has 35 heavy (non-hydrogen) atoms. The van der Waals surface area contributed by atoms with Crippen molar-refractivity contribution in [3.05, 3.63) is 23.3 Å². The van der Waals surface area contributed by atoms with E-state index >= 15 is 0 Å². The summed E-state index contributed by atoms with van der Waals surface area (Å²) in [4.78, 5) is 38.8. The molecule has 3 N–H and O–H groups in total. The summed E-state index contributed by atoms with van der Waals surface area (Å²) in [7, 11) is 0. The van der Waals surface area contributed by atoms with Gasteiger partial charge in [-0.1, -0.05) is 32.9 Å². The van der Waals surface area contributed by atoms with E-state index < -0.39 is 34.9 Å². The second kappa shape index (κ2) is 8.65. The van der Waals surface area contributed by atoms with Crippen LogP contribution in [-0.4, -0.2) is 44.6 Å². The van der Waals surface area contributed by atoms with Gasteiger partial charge in [-0.25, -0.2) is 0 Å². The van der Waals surface area contributed by atoms with E-state index in [0.717, 1.165) is 24.8 Å². The molecule has 0 aromatic heterocycles. The number of ketones is 2. The van der Waals surface area contributed by atoms with Crippen LogP contribution in [0, 0.1) is 40.4 Å². The van der Waals surface area contributed by atoms with E-state index in [0.29, 0.717) is 36.8 Å². The minimum Gasteiger partial charge on any atom is -0.481 e. The Morgan fingerprint density at radius 1 is 1.11 bits per heavy atom. The van der Waals surface area contributed by atoms with Gasteiger partial charge < -0.3 is 15.3 Å². The summed E-state index contributed by atoms with van der Waals surface area (Å²) in [6.07, 6.45) is 3.97. The average Bonchev–Trinajstić information content (AvgIpc) is 3.12. The molecule has 2 saturated carbocycles. The zero-order chi connectivity index (χ0) is 26.1. The first-order valence-electron chi connectivity index (χ1n) is 13.3. The molecule has 0 aromatic rings. The summed E-state index contributed by atoms with van der Waals surface area (Å²) in [5.41, 5.74) is -0.214. The van der Waals surface area contributed by atoms with Gasteiger partial charge in [0.05, 0.1) is 17.6 Å². The fourth-order valence-electron chi connectivity index (χ4n) is 8.46. The lowest BCUT2D eigenvalue weighted by Gasteiger charge is -2.57. The Bertz CT molecular complexity index is 991. The van der Waals surface area contributed by atoms with Crippen molar-refractivity contribution in [1.29, 1.82) is 0 Å². The number of carbonyl (C=O) groups is 3. The predicted octanol–water partition coefficient (Wildman–Crippen LogP) is 4.48. The zero-order valence-electron chi connectivity index (χ0n) is 21.9. The topological polar surface area (TPSA) is 112 Å². The molecule has 0 saturated heterocycles. The maximum absolute atomic E-state index is 13.8. The van der Waals surface area contributed by atoms with E-state index in [9.17, 15) is 29.7 Å². The fraction of sp³-hybridized carbons (Fsp3) is 0.759. The standard InChI is InChI=1S/C29H42O6/c1-15(17(3)26(33)34)7-8-16(2)18-9-10-19-24-20(30)13-22-27(4,12-11-23(32)29(22,6)35)25(24)21(31)14-28(18,19)5/h16-19,22-23,32,35H,1,7-14H2,2-6H3,(H,33,34)/t16-,17?,18-,19+,22?,23?,27+,28-,29-/m1/s1. The van der Waals surface area contributed by atoms with E-state index in [1.165, 1.54) is 0 Å². The number of Topliss-reactive ketones (excluding diaryl/α,β-unsaturated/α-hetero) is 2. The van der Waals surface area contributed by atoms with Crippen LogP contribution >= 0.6 is 0 Å². The lowest BCUT2D eigenvalue weighted by atomic mass is 9.47. The minimum atomic E-state index is -1.40. The van der Waals surface area contributed by atoms with Gasteiger partial charge in [-0.05, 0) is 75.5 Å². The fourth-order valence-corrected chi connectivity index (χ4v) is 8.46. The molecule has 6 nitrogen and oxygen atoms in total. The molecule has 0 heterocycles. The number of hydrogen-bond acceptors (Lipinski definition) is 5. The van der Waals surface area contributed by atoms with Crippen molar-refractivity contribution >= 4 is 17.5 Å². The number of allylic oxidation sites excluding steroid dienone is 2. The molecule has 2 fully saturated rings. The van der Waals surface area contributed by atoms with Crippen molar-refractivity contribution in [3.63, 3.8) is 0 Å². The highest BCUT2D eigenvalue weighted by atomic mass is 16.4. The first kappa shape index (κ1) is 26.3. The highest BCUT2D eigenvalue weighted by Gasteiger charge is 2.64. The number of carboxylic acid groups (broad SMARTS) is 1. The van der Waals surface area contributed by atoms with Crippen LogP contribution < -0.4 is 0 Å². The Morgan fingerprint density at radius 3 is 2.40 bits per heavy atom. The molecule has 6 heteroatoms. The third-order valence-electron chi connectivity index (χ3n) is 10.8. The molecule has 0 radical (unpaired) electrons. The molecule has 0 bridgehead atoms. The Hall–Kier alpha value is -1.79. The van der Waals surface area contributed by atoms with Gasteiger partial charge in [0.2, 0.25) is 0 Å². The van der Waals surface area contributed by atoms with Crippen LogP contribution in [0.2, 0.25) is 0 Å². The smallest absolute Gasteiger partial charge is 0.310 e. The molecule has 0 aromatic carbocycles. The Morgan fingerprint density at radius 2 is 1.77 bits per heavy atom. The molecule has 0 aliphatic heterocycles. The van der Waals surface area contributed by atoms with Crippen molar-refractivity contribution in [3.8, 4) is 0 Å². The zero-order valence-corrected chi connectivity index (χ0v) is 21.9. The molecule has 9 atom stereocenters. The van der Waals surface area contributed by atoms with Gasteiger partial charge in [-0.3, -0.25) is 14.4 Å². The van der Waals surface area contributed by atoms with Gasteiger partial charge >= 0.3 is 5.97 Å². The van der Waals surface area contributed by atoms with Crippen molar-refractivity contribution < 1.29 is 29.7 Å². The molecule has 194 valence electrons. The average molecular weight is 487 g/mol. The van der Waals surface area contributed by atoms with Crippen molar-refractivity contribution in [1.82, 2.24) is 0 Å². The third-order valence-corrected chi connectivity index (χ3v) is 10.8. The Balaban J connectivity index is 1.63. The molecular formula is C29H42O6. The van der Waals surface area contributed by atoms with E-state index in [4.69, 9.17) is 0 Å². The number of hydrogen-bond donors (Lipinski definition) is 3. The normalized spacial score (nSPS) is 42.7. The van der Waals surface area contributed by atoms with Gasteiger partial charge in [0.25, 0.3) is 0 Å². The molecule has 4 rings (SSSR count). The van der Waals surface area contributed by atoms with Crippen LogP contribution in [-0.2, 0) is 14.4 Å². The predicted molar refractivity (Wildman–Crippen MR) is 132 cm³/mol. The third kappa shape index (κ3) is 3.87. The summed E-state index contributed by atoms with van der Waals surface area (Å²) in [6.45, 7) is 13.6. The van der Waals surface area contributed by atoms with Crippen LogP contribution in [0.25, 0.3) is 0 Å². The molecular weight excluding hydrogens is 444 g/mol. The number of fused-ring (bicyclic) bond motifs is 4. The molecule has 3 unspecified atom stereocenters. The Kier molecular flexibility index (Phi) is 6.50. The maximum Gasteiger partial charge on any atom is 0.310 e. The Labute approximate surface area is 208 Å². The summed E-state index contributed by atoms with van der Waals surface area (Å²) in [5, 5.41) is 30.9. The number of rotatable bonds is 6. The molecule has 0 spiro atoms. The van der Waals surface area contributed by atoms with Crippen LogP contribution in [0.4, 0.5) is 0 Å². The lowest BCUT2D eigenvalue weighted by molar-refractivity contribution is -0.170. The summed E-state index contributed by atoms with van der Waals surface area (Å²) in [5.74, 6) is -1.30. The second-order valence-electron chi connectivity index (χ2n) is 12.7. The van der Waals surface area contributed by atoms with Gasteiger partial charge in [-0.15, -0.1) is 0 Å². The van der Waals surface area contributed by atoms with Crippen molar-refractivity contribution in [2.75, 3.05) is 0 Å². The van der Waals surface area contributed by atoms with Crippen LogP contribution in [0.15, 0.2) is 23.3 Å². The number of aliphatic carboxylic acids is 1. The summed E-state index contributed by atoms with van der Waals surface area (Å²) in [6, 6.07) is 0. The van der Waals surface area contributed by atoms with Crippen molar-refractivity contribution in [2.24, 2.45) is 40.4 Å². The largest absolute Gasteiger partial charge is 0.481 e. The lowest BCUT2D eigenvalue weighted by Crippen LogP contribution is -2.61. The monoisotopic (exact) mass is 486 g/mol. The van der Waals surface area contributed by atoms with Gasteiger partial charge in [0.15, 0.2) is 11.6 Å². The molecule has 4 aliphatic carbocycles.